The molecular weight excluding hydrogens is 410 g/mol. The summed E-state index contributed by atoms with van der Waals surface area (Å²) in [6, 6.07) is 5.14. The SMILES string of the molecule is COc1ccc(C(=O)N[C@@H](CC(C)C)C(=O)N[C@H](C=O)CCCNC(=N)N)cc1.Cl. The van der Waals surface area contributed by atoms with Gasteiger partial charge in [0.05, 0.1) is 13.2 Å². The summed E-state index contributed by atoms with van der Waals surface area (Å²) in [5.74, 6) is -0.128. The maximum Gasteiger partial charge on any atom is 0.251 e. The molecule has 2 amide bonds. The number of aldehydes is 1. The maximum absolute atomic E-state index is 12.7. The molecule has 0 radical (unpaired) electrons. The summed E-state index contributed by atoms with van der Waals surface area (Å²) in [6.45, 7) is 4.33. The van der Waals surface area contributed by atoms with Gasteiger partial charge in [-0.15, -0.1) is 12.4 Å². The zero-order valence-corrected chi connectivity index (χ0v) is 18.4. The molecule has 0 unspecified atom stereocenters. The van der Waals surface area contributed by atoms with Crippen LogP contribution in [0, 0.1) is 11.3 Å². The minimum atomic E-state index is -0.762. The third-order valence-corrected chi connectivity index (χ3v) is 4.18. The Hall–Kier alpha value is -2.81. The first kappa shape index (κ1) is 27.2. The largest absolute Gasteiger partial charge is 0.497 e. The van der Waals surface area contributed by atoms with Crippen molar-refractivity contribution >= 4 is 36.5 Å². The molecule has 0 saturated heterocycles. The third kappa shape index (κ3) is 10.1. The van der Waals surface area contributed by atoms with Gasteiger partial charge in [0.15, 0.2) is 5.96 Å². The minimum Gasteiger partial charge on any atom is -0.497 e. The molecule has 2 atom stereocenters. The van der Waals surface area contributed by atoms with Crippen molar-refractivity contribution in [3.05, 3.63) is 29.8 Å². The van der Waals surface area contributed by atoms with E-state index in [1.165, 1.54) is 7.11 Å². The second-order valence-corrected chi connectivity index (χ2v) is 7.12. The summed E-state index contributed by atoms with van der Waals surface area (Å²) in [4.78, 5) is 36.5. The topological polar surface area (TPSA) is 146 Å². The number of carbonyl (C=O) groups is 3. The van der Waals surface area contributed by atoms with Gasteiger partial charge in [0, 0.05) is 12.1 Å². The number of halogens is 1. The first-order chi connectivity index (χ1) is 13.8. The van der Waals surface area contributed by atoms with Crippen LogP contribution < -0.4 is 26.4 Å². The quantitative estimate of drug-likeness (QED) is 0.142. The van der Waals surface area contributed by atoms with Crippen molar-refractivity contribution in [2.24, 2.45) is 11.7 Å². The van der Waals surface area contributed by atoms with Crippen LogP contribution in [0.3, 0.4) is 0 Å². The molecule has 0 aliphatic heterocycles. The number of hydrogen-bond acceptors (Lipinski definition) is 5. The number of guanidine groups is 1. The minimum absolute atomic E-state index is 0. The zero-order chi connectivity index (χ0) is 21.8. The summed E-state index contributed by atoms with van der Waals surface area (Å²) in [7, 11) is 1.54. The van der Waals surface area contributed by atoms with Crippen molar-refractivity contribution in [2.45, 2.75) is 45.2 Å². The molecule has 0 aliphatic carbocycles. The normalized spacial score (nSPS) is 12.1. The highest BCUT2D eigenvalue weighted by Gasteiger charge is 2.24. The molecule has 1 aromatic rings. The fourth-order valence-corrected chi connectivity index (χ4v) is 2.69. The number of carbonyl (C=O) groups excluding carboxylic acids is 3. The Morgan fingerprint density at radius 1 is 1.20 bits per heavy atom. The fraction of sp³-hybridized carbons (Fsp3) is 0.500. The standard InChI is InChI=1S/C20H31N5O4.ClH/c1-13(2)11-17(25-18(27)14-6-8-16(29-3)9-7-14)19(28)24-15(12-26)5-4-10-23-20(21)22;/h6-9,12-13,15,17H,4-5,10-11H2,1-3H3,(H,24,28)(H,25,27)(H4,21,22,23);1H/t15-,17-;/m0./s1. The predicted octanol–water partition coefficient (Wildman–Crippen LogP) is 1.21. The van der Waals surface area contributed by atoms with Crippen molar-refractivity contribution in [3.63, 3.8) is 0 Å². The van der Waals surface area contributed by atoms with Gasteiger partial charge in [0.25, 0.3) is 5.91 Å². The Morgan fingerprint density at radius 3 is 2.33 bits per heavy atom. The highest BCUT2D eigenvalue weighted by Crippen LogP contribution is 2.12. The van der Waals surface area contributed by atoms with Crippen LogP contribution >= 0.6 is 12.4 Å². The van der Waals surface area contributed by atoms with E-state index in [-0.39, 0.29) is 30.2 Å². The van der Waals surface area contributed by atoms with Gasteiger partial charge in [-0.05, 0) is 49.4 Å². The van der Waals surface area contributed by atoms with E-state index in [2.05, 4.69) is 16.0 Å². The molecule has 9 nitrogen and oxygen atoms in total. The molecule has 168 valence electrons. The van der Waals surface area contributed by atoms with Crippen molar-refractivity contribution in [2.75, 3.05) is 13.7 Å². The van der Waals surface area contributed by atoms with E-state index in [9.17, 15) is 14.4 Å². The lowest BCUT2D eigenvalue weighted by molar-refractivity contribution is -0.126. The molecule has 6 N–H and O–H groups in total. The summed E-state index contributed by atoms with van der Waals surface area (Å²) >= 11 is 0. The van der Waals surface area contributed by atoms with E-state index < -0.39 is 18.0 Å². The average molecular weight is 442 g/mol. The number of nitrogens with one attached hydrogen (secondary N) is 4. The molecule has 0 fully saturated rings. The molecule has 10 heteroatoms. The second kappa shape index (κ2) is 14.2. The van der Waals surface area contributed by atoms with Crippen molar-refractivity contribution < 1.29 is 19.1 Å². The van der Waals surface area contributed by atoms with E-state index in [1.54, 1.807) is 24.3 Å². The molecule has 0 spiro atoms. The van der Waals surface area contributed by atoms with Crippen molar-refractivity contribution in [3.8, 4) is 5.75 Å². The Labute approximate surface area is 183 Å². The molecular formula is C20H32ClN5O4. The number of nitrogens with two attached hydrogens (primary N) is 1. The smallest absolute Gasteiger partial charge is 0.251 e. The van der Waals surface area contributed by atoms with Crippen LogP contribution in [0.5, 0.6) is 5.75 Å². The third-order valence-electron chi connectivity index (χ3n) is 4.18. The lowest BCUT2D eigenvalue weighted by atomic mass is 10.0. The van der Waals surface area contributed by atoms with Crippen molar-refractivity contribution in [1.82, 2.24) is 16.0 Å². The number of benzene rings is 1. The Balaban J connectivity index is 0.00000841. The molecule has 0 saturated carbocycles. The first-order valence-corrected chi connectivity index (χ1v) is 9.55. The molecule has 0 heterocycles. The van der Waals surface area contributed by atoms with E-state index >= 15 is 0 Å². The highest BCUT2D eigenvalue weighted by atomic mass is 35.5. The van der Waals surface area contributed by atoms with Gasteiger partial charge < -0.3 is 31.2 Å². The van der Waals surface area contributed by atoms with E-state index in [1.807, 2.05) is 13.8 Å². The van der Waals surface area contributed by atoms with Crippen LogP contribution in [-0.4, -0.2) is 49.8 Å². The second-order valence-electron chi connectivity index (χ2n) is 7.12. The Morgan fingerprint density at radius 2 is 1.83 bits per heavy atom. The van der Waals surface area contributed by atoms with Crippen LogP contribution in [0.2, 0.25) is 0 Å². The fourth-order valence-electron chi connectivity index (χ4n) is 2.69. The Bertz CT molecular complexity index is 697. The van der Waals surface area contributed by atoms with E-state index in [4.69, 9.17) is 15.9 Å². The molecule has 1 rings (SSSR count). The summed E-state index contributed by atoms with van der Waals surface area (Å²) in [6.07, 6.45) is 2.06. The lowest BCUT2D eigenvalue weighted by Crippen LogP contribution is -2.50. The maximum atomic E-state index is 12.7. The molecule has 0 aromatic heterocycles. The summed E-state index contributed by atoms with van der Waals surface area (Å²) in [5.41, 5.74) is 5.62. The van der Waals surface area contributed by atoms with Gasteiger partial charge in [0.1, 0.15) is 18.1 Å². The Kier molecular flexibility index (Phi) is 12.9. The van der Waals surface area contributed by atoms with Gasteiger partial charge in [0.2, 0.25) is 5.91 Å². The van der Waals surface area contributed by atoms with Crippen LogP contribution in [-0.2, 0) is 9.59 Å². The van der Waals surface area contributed by atoms with E-state index in [0.29, 0.717) is 43.4 Å². The van der Waals surface area contributed by atoms with Crippen LogP contribution in [0.25, 0.3) is 0 Å². The van der Waals surface area contributed by atoms with Gasteiger partial charge in [-0.25, -0.2) is 0 Å². The monoisotopic (exact) mass is 441 g/mol. The number of amides is 2. The van der Waals surface area contributed by atoms with Gasteiger partial charge >= 0.3 is 0 Å². The zero-order valence-electron chi connectivity index (χ0n) is 17.6. The summed E-state index contributed by atoms with van der Waals surface area (Å²) < 4.78 is 5.08. The number of hydrogen-bond donors (Lipinski definition) is 5. The average Bonchev–Trinajstić information content (AvgIpc) is 2.69. The molecule has 0 bridgehead atoms. The van der Waals surface area contributed by atoms with Crippen LogP contribution in [0.1, 0.15) is 43.5 Å². The number of methoxy groups -OCH3 is 1. The van der Waals surface area contributed by atoms with Gasteiger partial charge in [-0.2, -0.15) is 0 Å². The van der Waals surface area contributed by atoms with Crippen LogP contribution in [0.15, 0.2) is 24.3 Å². The highest BCUT2D eigenvalue weighted by molar-refractivity contribution is 5.98. The lowest BCUT2D eigenvalue weighted by Gasteiger charge is -2.22. The predicted molar refractivity (Wildman–Crippen MR) is 118 cm³/mol. The first-order valence-electron chi connectivity index (χ1n) is 9.55. The number of rotatable bonds is 12. The molecule has 1 aromatic carbocycles. The number of ether oxygens (including phenoxy) is 1. The van der Waals surface area contributed by atoms with Gasteiger partial charge in [-0.3, -0.25) is 15.0 Å². The van der Waals surface area contributed by atoms with Crippen molar-refractivity contribution in [1.29, 1.82) is 5.41 Å². The van der Waals surface area contributed by atoms with Gasteiger partial charge in [-0.1, -0.05) is 13.8 Å². The van der Waals surface area contributed by atoms with Crippen LogP contribution in [0.4, 0.5) is 0 Å². The van der Waals surface area contributed by atoms with E-state index in [0.717, 1.165) is 0 Å². The molecule has 30 heavy (non-hydrogen) atoms. The summed E-state index contributed by atoms with van der Waals surface area (Å²) in [5, 5.41) is 15.2. The molecule has 0 aliphatic rings.